The lowest BCUT2D eigenvalue weighted by molar-refractivity contribution is 1.05. The fourth-order valence-electron chi connectivity index (χ4n) is 10.4. The molecule has 0 amide bonds. The molecule has 0 bridgehead atoms. The van der Waals surface area contributed by atoms with Crippen molar-refractivity contribution in [2.24, 2.45) is 0 Å². The maximum atomic E-state index is 9.47. The van der Waals surface area contributed by atoms with E-state index >= 15 is 0 Å². The molecule has 0 saturated heterocycles. The first-order chi connectivity index (χ1) is 30.8. The van der Waals surface area contributed by atoms with Crippen molar-refractivity contribution in [3.8, 4) is 22.7 Å². The fraction of sp³-hybridized carbons (Fsp3) is 0. The van der Waals surface area contributed by atoms with Crippen LogP contribution >= 0.6 is 0 Å². The van der Waals surface area contributed by atoms with Crippen LogP contribution < -0.4 is 0 Å². The third kappa shape index (κ3) is 4.39. The minimum atomic E-state index is 0.385. The van der Waals surface area contributed by atoms with Crippen LogP contribution in [-0.4, -0.2) is 18.3 Å². The Balaban J connectivity index is 1.40. The molecule has 0 radical (unpaired) electrons. The van der Waals surface area contributed by atoms with Crippen molar-refractivity contribution < 1.29 is 0 Å². The van der Waals surface area contributed by atoms with Gasteiger partial charge in [0.05, 0.1) is 80.0 Å². The molecule has 0 atom stereocenters. The number of benzene rings is 9. The molecule has 13 rings (SSSR count). The molecular weight excluding hydrogens is 757 g/mol. The first-order valence-corrected chi connectivity index (χ1v) is 20.7. The number of para-hydroxylation sites is 8. The molecule has 6 heteroatoms. The summed E-state index contributed by atoms with van der Waals surface area (Å²) in [5.74, 6) is 0. The maximum absolute atomic E-state index is 9.47. The highest BCUT2D eigenvalue weighted by Gasteiger charge is 2.34. The molecule has 0 aliphatic carbocycles. The molecular formula is C56H32N6. The standard InChI is InChI=1S/C56H32N6/c1-57-51-53(59-43-27-11-3-19-35(43)36-20-4-12-28-44(36)59)52(58-2)55(61-47-31-15-7-23-39(47)40-24-8-16-32-48(40)61)56(62-49-33-17-9-25-41(49)42-26-10-18-34-50(42)62)54(51)60-45-29-13-5-21-37(45)38-22-6-14-30-46(38)60/h3-34H. The zero-order chi connectivity index (χ0) is 41.1. The monoisotopic (exact) mass is 788 g/mol. The molecule has 4 aromatic heterocycles. The third-order valence-electron chi connectivity index (χ3n) is 12.8. The van der Waals surface area contributed by atoms with Crippen LogP contribution in [0.2, 0.25) is 0 Å². The normalized spacial score (nSPS) is 11.8. The Morgan fingerprint density at radius 3 is 0.613 bits per heavy atom. The number of rotatable bonds is 4. The van der Waals surface area contributed by atoms with Crippen LogP contribution in [0.1, 0.15) is 0 Å². The highest BCUT2D eigenvalue weighted by molar-refractivity contribution is 6.18. The van der Waals surface area contributed by atoms with Crippen molar-refractivity contribution in [2.75, 3.05) is 0 Å². The molecule has 0 spiro atoms. The second kappa shape index (κ2) is 12.8. The Kier molecular flexibility index (Phi) is 7.05. The van der Waals surface area contributed by atoms with E-state index in [1.807, 2.05) is 12.1 Å². The van der Waals surface area contributed by atoms with Crippen LogP contribution in [0.4, 0.5) is 11.4 Å². The van der Waals surface area contributed by atoms with E-state index in [2.05, 4.69) is 210 Å². The van der Waals surface area contributed by atoms with Crippen LogP contribution in [0.3, 0.4) is 0 Å². The summed E-state index contributed by atoms with van der Waals surface area (Å²) >= 11 is 0. The molecule has 6 nitrogen and oxygen atoms in total. The predicted molar refractivity (Wildman–Crippen MR) is 256 cm³/mol. The van der Waals surface area contributed by atoms with Crippen LogP contribution in [-0.2, 0) is 0 Å². The van der Waals surface area contributed by atoms with Gasteiger partial charge in [0.2, 0.25) is 11.4 Å². The Morgan fingerprint density at radius 2 is 0.403 bits per heavy atom. The average Bonchev–Trinajstić information content (AvgIpc) is 4.06. The molecule has 0 aliphatic rings. The molecule has 0 unspecified atom stereocenters. The second-order valence-electron chi connectivity index (χ2n) is 15.8. The van der Waals surface area contributed by atoms with Crippen molar-refractivity contribution in [3.63, 3.8) is 0 Å². The maximum Gasteiger partial charge on any atom is 0.225 e. The summed E-state index contributed by atoms with van der Waals surface area (Å²) in [6.07, 6.45) is 0. The smallest absolute Gasteiger partial charge is 0.225 e. The van der Waals surface area contributed by atoms with Gasteiger partial charge in [0.25, 0.3) is 0 Å². The van der Waals surface area contributed by atoms with E-state index in [-0.39, 0.29) is 0 Å². The van der Waals surface area contributed by atoms with E-state index in [0.717, 1.165) is 92.9 Å². The summed E-state index contributed by atoms with van der Waals surface area (Å²) in [6.45, 7) is 18.9. The minimum absolute atomic E-state index is 0.385. The van der Waals surface area contributed by atoms with Gasteiger partial charge in [-0.15, -0.1) is 0 Å². The van der Waals surface area contributed by atoms with Crippen molar-refractivity contribution in [1.82, 2.24) is 18.3 Å². The van der Waals surface area contributed by atoms with E-state index in [1.165, 1.54) is 0 Å². The Labute approximate surface area is 355 Å². The van der Waals surface area contributed by atoms with Gasteiger partial charge in [-0.2, -0.15) is 0 Å². The quantitative estimate of drug-likeness (QED) is 0.159. The zero-order valence-electron chi connectivity index (χ0n) is 33.2. The summed E-state index contributed by atoms with van der Waals surface area (Å²) in [7, 11) is 0. The lowest BCUT2D eigenvalue weighted by atomic mass is 10.1. The lowest BCUT2D eigenvalue weighted by Crippen LogP contribution is -2.12. The number of hydrogen-bond acceptors (Lipinski definition) is 0. The zero-order valence-corrected chi connectivity index (χ0v) is 33.2. The van der Waals surface area contributed by atoms with Gasteiger partial charge in [0, 0.05) is 43.1 Å². The molecule has 0 saturated carbocycles. The molecule has 0 N–H and O–H groups in total. The van der Waals surface area contributed by atoms with Crippen molar-refractivity contribution in [1.29, 1.82) is 0 Å². The Bertz CT molecular complexity index is 3770. The lowest BCUT2D eigenvalue weighted by Gasteiger charge is -2.27. The van der Waals surface area contributed by atoms with E-state index < -0.39 is 0 Å². The summed E-state index contributed by atoms with van der Waals surface area (Å²) in [5.41, 5.74) is 11.2. The van der Waals surface area contributed by atoms with Crippen LogP contribution in [0, 0.1) is 13.1 Å². The first kappa shape index (κ1) is 34.1. The van der Waals surface area contributed by atoms with E-state index in [0.29, 0.717) is 28.4 Å². The Hall–Kier alpha value is -8.84. The van der Waals surface area contributed by atoms with Gasteiger partial charge in [-0.25, -0.2) is 9.69 Å². The van der Waals surface area contributed by atoms with Crippen molar-refractivity contribution >= 4 is 98.6 Å². The van der Waals surface area contributed by atoms with Crippen molar-refractivity contribution in [2.45, 2.75) is 0 Å². The highest BCUT2D eigenvalue weighted by Crippen LogP contribution is 2.54. The average molecular weight is 789 g/mol. The largest absolute Gasteiger partial charge is 0.329 e. The minimum Gasteiger partial charge on any atom is -0.329 e. The third-order valence-corrected chi connectivity index (χ3v) is 12.8. The summed E-state index contributed by atoms with van der Waals surface area (Å²) in [5, 5.41) is 8.61. The molecule has 286 valence electrons. The summed E-state index contributed by atoms with van der Waals surface area (Å²) in [4.78, 5) is 9.28. The van der Waals surface area contributed by atoms with Crippen LogP contribution in [0.25, 0.3) is 120 Å². The van der Waals surface area contributed by atoms with Gasteiger partial charge >= 0.3 is 0 Å². The topological polar surface area (TPSA) is 28.4 Å². The van der Waals surface area contributed by atoms with Crippen molar-refractivity contribution in [3.05, 3.63) is 217 Å². The van der Waals surface area contributed by atoms with Gasteiger partial charge in [0.15, 0.2) is 0 Å². The first-order valence-electron chi connectivity index (χ1n) is 20.7. The van der Waals surface area contributed by atoms with E-state index in [1.54, 1.807) is 0 Å². The van der Waals surface area contributed by atoms with Gasteiger partial charge in [0.1, 0.15) is 0 Å². The predicted octanol–water partition coefficient (Wildman–Crippen LogP) is 15.2. The van der Waals surface area contributed by atoms with Gasteiger partial charge in [-0.1, -0.05) is 146 Å². The number of aromatic nitrogens is 4. The SMILES string of the molecule is [C-]#[N+]c1c(-n2c3ccccc3c3ccccc32)c([N+]#[C-])c(-n2c3ccccc3c3ccccc32)c(-n2c3ccccc3c3ccccc32)c1-n1c2ccccc2c2ccccc21. The number of fused-ring (bicyclic) bond motifs is 12. The van der Waals surface area contributed by atoms with Crippen LogP contribution in [0.5, 0.6) is 0 Å². The van der Waals surface area contributed by atoms with E-state index in [4.69, 9.17) is 0 Å². The summed E-state index contributed by atoms with van der Waals surface area (Å²) < 4.78 is 9.08. The van der Waals surface area contributed by atoms with Gasteiger partial charge in [-0.3, -0.25) is 0 Å². The summed E-state index contributed by atoms with van der Waals surface area (Å²) in [6, 6.07) is 67.6. The molecule has 4 heterocycles. The molecule has 0 fully saturated rings. The highest BCUT2D eigenvalue weighted by atomic mass is 15.2. The van der Waals surface area contributed by atoms with E-state index in [9.17, 15) is 13.1 Å². The molecule has 13 aromatic rings. The second-order valence-corrected chi connectivity index (χ2v) is 15.8. The Morgan fingerprint density at radius 1 is 0.226 bits per heavy atom. The van der Waals surface area contributed by atoms with Gasteiger partial charge < -0.3 is 18.3 Å². The number of hydrogen-bond donors (Lipinski definition) is 0. The molecule has 9 aromatic carbocycles. The molecule has 0 aliphatic heterocycles. The molecule has 62 heavy (non-hydrogen) atoms. The number of nitrogens with zero attached hydrogens (tertiary/aromatic N) is 6. The fourth-order valence-corrected chi connectivity index (χ4v) is 10.4. The van der Waals surface area contributed by atoms with Gasteiger partial charge in [-0.05, 0) is 48.5 Å². The van der Waals surface area contributed by atoms with Crippen LogP contribution in [0.15, 0.2) is 194 Å².